The number of nitrogens with one attached hydrogen (secondary N) is 2. The second-order valence-electron chi connectivity index (χ2n) is 5.63. The molecule has 1 heterocycles. The van der Waals surface area contributed by atoms with Crippen molar-refractivity contribution < 1.29 is 4.79 Å². The van der Waals surface area contributed by atoms with Gasteiger partial charge in [0.2, 0.25) is 5.91 Å². The lowest BCUT2D eigenvalue weighted by atomic mass is 9.85. The van der Waals surface area contributed by atoms with Crippen LogP contribution in [0.25, 0.3) is 10.9 Å². The van der Waals surface area contributed by atoms with Crippen LogP contribution in [0.1, 0.15) is 31.5 Å². The van der Waals surface area contributed by atoms with Gasteiger partial charge < -0.3 is 10.3 Å². The monoisotopic (exact) mass is 285 g/mol. The van der Waals surface area contributed by atoms with Crippen LogP contribution in [0.4, 0.5) is 0 Å². The number of amides is 1. The van der Waals surface area contributed by atoms with Crippen LogP contribution < -0.4 is 10.9 Å². The van der Waals surface area contributed by atoms with E-state index in [9.17, 15) is 9.59 Å². The SMILES string of the molecule is O=C(CCc1nc2ccccc2c(=O)[nH]1)NCC1CCC1. The molecule has 21 heavy (non-hydrogen) atoms. The number of aryl methyl sites for hydroxylation is 1. The average Bonchev–Trinajstić information content (AvgIpc) is 2.43. The molecule has 1 amide bonds. The number of fused-ring (bicyclic) bond motifs is 1. The minimum Gasteiger partial charge on any atom is -0.356 e. The van der Waals surface area contributed by atoms with Gasteiger partial charge in [0.15, 0.2) is 0 Å². The summed E-state index contributed by atoms with van der Waals surface area (Å²) in [7, 11) is 0. The van der Waals surface area contributed by atoms with Gasteiger partial charge in [-0.1, -0.05) is 18.6 Å². The Labute approximate surface area is 122 Å². The van der Waals surface area contributed by atoms with Crippen molar-refractivity contribution in [1.82, 2.24) is 15.3 Å². The molecule has 5 heteroatoms. The lowest BCUT2D eigenvalue weighted by Crippen LogP contribution is -2.32. The predicted octanol–water partition coefficient (Wildman–Crippen LogP) is 1.77. The number of carbonyl (C=O) groups excluding carboxylic acids is 1. The molecule has 2 N–H and O–H groups in total. The van der Waals surface area contributed by atoms with Crippen molar-refractivity contribution in [3.05, 3.63) is 40.4 Å². The Kier molecular flexibility index (Phi) is 3.99. The molecule has 110 valence electrons. The highest BCUT2D eigenvalue weighted by Crippen LogP contribution is 2.25. The molecule has 0 bridgehead atoms. The second kappa shape index (κ2) is 6.08. The van der Waals surface area contributed by atoms with E-state index in [0.29, 0.717) is 35.5 Å². The number of nitrogens with zero attached hydrogens (tertiary/aromatic N) is 1. The maximum Gasteiger partial charge on any atom is 0.258 e. The fourth-order valence-electron chi connectivity index (χ4n) is 2.53. The fraction of sp³-hybridized carbons (Fsp3) is 0.438. The third kappa shape index (κ3) is 3.29. The number of hydrogen-bond acceptors (Lipinski definition) is 3. The Morgan fingerprint density at radius 1 is 1.33 bits per heavy atom. The molecule has 0 unspecified atom stereocenters. The predicted molar refractivity (Wildman–Crippen MR) is 81.0 cm³/mol. The zero-order valence-corrected chi connectivity index (χ0v) is 11.9. The van der Waals surface area contributed by atoms with Crippen LogP contribution in [-0.4, -0.2) is 22.4 Å². The van der Waals surface area contributed by atoms with Gasteiger partial charge >= 0.3 is 0 Å². The van der Waals surface area contributed by atoms with Gasteiger partial charge in [-0.25, -0.2) is 4.98 Å². The summed E-state index contributed by atoms with van der Waals surface area (Å²) in [6.45, 7) is 0.778. The lowest BCUT2D eigenvalue weighted by molar-refractivity contribution is -0.121. The summed E-state index contributed by atoms with van der Waals surface area (Å²) >= 11 is 0. The van der Waals surface area contributed by atoms with Gasteiger partial charge in [-0.3, -0.25) is 9.59 Å². The quantitative estimate of drug-likeness (QED) is 0.879. The van der Waals surface area contributed by atoms with Crippen molar-refractivity contribution in [2.45, 2.75) is 32.1 Å². The van der Waals surface area contributed by atoms with Crippen LogP contribution >= 0.6 is 0 Å². The van der Waals surface area contributed by atoms with E-state index >= 15 is 0 Å². The number of rotatable bonds is 5. The highest BCUT2D eigenvalue weighted by Gasteiger charge is 2.17. The van der Waals surface area contributed by atoms with Crippen molar-refractivity contribution in [1.29, 1.82) is 0 Å². The molecule has 1 aliphatic rings. The van der Waals surface area contributed by atoms with Crippen LogP contribution in [0.2, 0.25) is 0 Å². The van der Waals surface area contributed by atoms with E-state index in [2.05, 4.69) is 15.3 Å². The molecular formula is C16H19N3O2. The number of H-pyrrole nitrogens is 1. The largest absolute Gasteiger partial charge is 0.356 e. The van der Waals surface area contributed by atoms with E-state index in [1.165, 1.54) is 19.3 Å². The molecule has 0 aliphatic heterocycles. The lowest BCUT2D eigenvalue weighted by Gasteiger charge is -2.25. The molecular weight excluding hydrogens is 266 g/mol. The Balaban J connectivity index is 1.59. The first-order valence-electron chi connectivity index (χ1n) is 7.47. The highest BCUT2D eigenvalue weighted by molar-refractivity contribution is 5.78. The van der Waals surface area contributed by atoms with Gasteiger partial charge in [0.25, 0.3) is 5.56 Å². The van der Waals surface area contributed by atoms with Crippen LogP contribution in [0.5, 0.6) is 0 Å². The van der Waals surface area contributed by atoms with Crippen molar-refractivity contribution in [2.75, 3.05) is 6.54 Å². The number of hydrogen-bond donors (Lipinski definition) is 2. The van der Waals surface area contributed by atoms with Gasteiger partial charge in [-0.2, -0.15) is 0 Å². The van der Waals surface area contributed by atoms with Gasteiger partial charge in [0, 0.05) is 19.4 Å². The van der Waals surface area contributed by atoms with E-state index in [1.807, 2.05) is 18.2 Å². The highest BCUT2D eigenvalue weighted by atomic mass is 16.1. The Morgan fingerprint density at radius 3 is 2.90 bits per heavy atom. The summed E-state index contributed by atoms with van der Waals surface area (Å²) in [5.41, 5.74) is 0.525. The first-order chi connectivity index (χ1) is 10.2. The van der Waals surface area contributed by atoms with E-state index in [4.69, 9.17) is 0 Å². The summed E-state index contributed by atoms with van der Waals surface area (Å²) < 4.78 is 0. The fourth-order valence-corrected chi connectivity index (χ4v) is 2.53. The first kappa shape index (κ1) is 13.8. The number of aromatic nitrogens is 2. The van der Waals surface area contributed by atoms with Crippen LogP contribution in [0, 0.1) is 5.92 Å². The normalized spacial score (nSPS) is 14.9. The Bertz CT molecular complexity index is 704. The van der Waals surface area contributed by atoms with Crippen molar-refractivity contribution in [3.63, 3.8) is 0 Å². The summed E-state index contributed by atoms with van der Waals surface area (Å²) in [5.74, 6) is 1.25. The molecule has 0 atom stereocenters. The third-order valence-electron chi connectivity index (χ3n) is 4.06. The maximum atomic E-state index is 11.9. The minimum atomic E-state index is -0.148. The second-order valence-corrected chi connectivity index (χ2v) is 5.63. The van der Waals surface area contributed by atoms with Crippen molar-refractivity contribution >= 4 is 16.8 Å². The van der Waals surface area contributed by atoms with Crippen molar-refractivity contribution in [2.24, 2.45) is 5.92 Å². The molecule has 2 aromatic rings. The Morgan fingerprint density at radius 2 is 2.14 bits per heavy atom. The number of carbonyl (C=O) groups is 1. The zero-order valence-electron chi connectivity index (χ0n) is 11.9. The van der Waals surface area contributed by atoms with Gasteiger partial charge in [-0.15, -0.1) is 0 Å². The van der Waals surface area contributed by atoms with Gasteiger partial charge in [0.1, 0.15) is 5.82 Å². The van der Waals surface area contributed by atoms with Crippen LogP contribution in [0.3, 0.4) is 0 Å². The van der Waals surface area contributed by atoms with E-state index in [1.54, 1.807) is 6.07 Å². The van der Waals surface area contributed by atoms with Gasteiger partial charge in [0.05, 0.1) is 10.9 Å². The van der Waals surface area contributed by atoms with Gasteiger partial charge in [-0.05, 0) is 30.9 Å². The molecule has 0 saturated heterocycles. The molecule has 0 radical (unpaired) electrons. The van der Waals surface area contributed by atoms with Crippen LogP contribution in [0.15, 0.2) is 29.1 Å². The van der Waals surface area contributed by atoms with Crippen molar-refractivity contribution in [3.8, 4) is 0 Å². The summed E-state index contributed by atoms with van der Waals surface area (Å²) in [4.78, 5) is 30.8. The number of para-hydroxylation sites is 1. The number of benzene rings is 1. The topological polar surface area (TPSA) is 74.8 Å². The molecule has 0 spiro atoms. The molecule has 1 aromatic carbocycles. The standard InChI is InChI=1S/C16H19N3O2/c20-15(17-10-11-4-3-5-11)9-8-14-18-13-7-2-1-6-12(13)16(21)19-14/h1-2,6-7,11H,3-5,8-10H2,(H,17,20)(H,18,19,21). The van der Waals surface area contributed by atoms with E-state index in [0.717, 1.165) is 6.54 Å². The third-order valence-corrected chi connectivity index (χ3v) is 4.06. The molecule has 3 rings (SSSR count). The van der Waals surface area contributed by atoms with E-state index in [-0.39, 0.29) is 11.5 Å². The summed E-state index contributed by atoms with van der Waals surface area (Å²) in [6.07, 6.45) is 4.53. The Hall–Kier alpha value is -2.17. The molecule has 1 saturated carbocycles. The minimum absolute atomic E-state index is 0.0257. The molecule has 1 fully saturated rings. The smallest absolute Gasteiger partial charge is 0.258 e. The molecule has 5 nitrogen and oxygen atoms in total. The van der Waals surface area contributed by atoms with Crippen LogP contribution in [-0.2, 0) is 11.2 Å². The molecule has 1 aromatic heterocycles. The maximum absolute atomic E-state index is 11.9. The average molecular weight is 285 g/mol. The zero-order chi connectivity index (χ0) is 14.7. The van der Waals surface area contributed by atoms with E-state index < -0.39 is 0 Å². The summed E-state index contributed by atoms with van der Waals surface area (Å²) in [6, 6.07) is 7.22. The summed E-state index contributed by atoms with van der Waals surface area (Å²) in [5, 5.41) is 3.53. The molecule has 1 aliphatic carbocycles. The first-order valence-corrected chi connectivity index (χ1v) is 7.47. The number of aromatic amines is 1.